The molecule has 0 radical (unpaired) electrons. The summed E-state index contributed by atoms with van der Waals surface area (Å²) in [6, 6.07) is 12.0. The molecule has 0 atom stereocenters. The lowest BCUT2D eigenvalue weighted by molar-refractivity contribution is 0.867. The van der Waals surface area contributed by atoms with Gasteiger partial charge >= 0.3 is 0 Å². The fraction of sp³-hybridized carbons (Fsp3) is 0.200. The molecule has 0 heterocycles. The van der Waals surface area contributed by atoms with Crippen LogP contribution in [0.4, 0.5) is 0 Å². The normalized spacial score (nSPS) is 11.0. The lowest BCUT2D eigenvalue weighted by Gasteiger charge is -2.13. The summed E-state index contributed by atoms with van der Waals surface area (Å²) in [5.41, 5.74) is 3.13. The highest BCUT2D eigenvalue weighted by Crippen LogP contribution is 2.37. The summed E-state index contributed by atoms with van der Waals surface area (Å²) in [4.78, 5) is 0. The first-order valence-electron chi connectivity index (χ1n) is 5.74. The molecule has 2 rings (SSSR count). The molecule has 0 saturated carbocycles. The summed E-state index contributed by atoms with van der Waals surface area (Å²) in [7, 11) is 0. The zero-order chi connectivity index (χ0) is 13.3. The molecule has 0 aromatic heterocycles. The largest absolute Gasteiger partial charge is 0.0840 e. The Morgan fingerprint density at radius 3 is 2.06 bits per heavy atom. The van der Waals surface area contributed by atoms with Crippen LogP contribution in [0.2, 0.25) is 10.0 Å². The first-order valence-corrected chi connectivity index (χ1v) is 7.29. The second-order valence-electron chi connectivity index (χ2n) is 4.49. The summed E-state index contributed by atoms with van der Waals surface area (Å²) in [5, 5.41) is 1.45. The molecule has 0 bridgehead atoms. The zero-order valence-electron chi connectivity index (χ0n) is 10.2. The Morgan fingerprint density at radius 2 is 1.56 bits per heavy atom. The third-order valence-electron chi connectivity index (χ3n) is 2.84. The Labute approximate surface area is 126 Å². The van der Waals surface area contributed by atoms with Gasteiger partial charge in [0.2, 0.25) is 0 Å². The highest BCUT2D eigenvalue weighted by atomic mass is 79.9. The Bertz CT molecular complexity index is 553. The molecule has 0 amide bonds. The van der Waals surface area contributed by atoms with Gasteiger partial charge in [-0.25, -0.2) is 0 Å². The van der Waals surface area contributed by atoms with E-state index in [1.807, 2.05) is 36.4 Å². The van der Waals surface area contributed by atoms with Gasteiger partial charge in [-0.2, -0.15) is 0 Å². The molecule has 0 aliphatic carbocycles. The summed E-state index contributed by atoms with van der Waals surface area (Å²) in [5.74, 6) is 0.318. The number of benzene rings is 2. The van der Waals surface area contributed by atoms with E-state index in [0.29, 0.717) is 5.92 Å². The smallest absolute Gasteiger partial charge is 0.0461 e. The Kier molecular flexibility index (Phi) is 4.37. The van der Waals surface area contributed by atoms with Gasteiger partial charge in [-0.15, -0.1) is 0 Å². The molecule has 0 spiro atoms. The van der Waals surface area contributed by atoms with E-state index in [1.54, 1.807) is 0 Å². The van der Waals surface area contributed by atoms with Crippen molar-refractivity contribution >= 4 is 39.1 Å². The topological polar surface area (TPSA) is 0 Å². The minimum atomic E-state index is 0.318. The maximum atomic E-state index is 6.33. The maximum Gasteiger partial charge on any atom is 0.0461 e. The number of hydrogen-bond acceptors (Lipinski definition) is 0. The van der Waals surface area contributed by atoms with E-state index in [1.165, 1.54) is 0 Å². The molecule has 94 valence electrons. The van der Waals surface area contributed by atoms with Crippen molar-refractivity contribution in [2.75, 3.05) is 0 Å². The van der Waals surface area contributed by atoms with Crippen LogP contribution >= 0.6 is 39.1 Å². The van der Waals surface area contributed by atoms with Crippen LogP contribution < -0.4 is 0 Å². The highest BCUT2D eigenvalue weighted by molar-refractivity contribution is 9.10. The quantitative estimate of drug-likeness (QED) is 0.580. The van der Waals surface area contributed by atoms with Gasteiger partial charge in [-0.05, 0) is 40.8 Å². The standard InChI is InChI=1S/C15H13BrCl2/c1-9(2)15-13(17)7-10(8-14(15)18)11-5-3-4-6-12(11)16/h3-9H,1-2H3. The highest BCUT2D eigenvalue weighted by Gasteiger charge is 2.13. The molecule has 2 aromatic rings. The molecule has 0 nitrogen and oxygen atoms in total. The predicted molar refractivity (Wildman–Crippen MR) is 83.7 cm³/mol. The van der Waals surface area contributed by atoms with E-state index in [0.717, 1.165) is 31.2 Å². The lowest BCUT2D eigenvalue weighted by atomic mass is 9.98. The average molecular weight is 344 g/mol. The van der Waals surface area contributed by atoms with Gasteiger partial charge in [0.1, 0.15) is 0 Å². The molecular formula is C15H13BrCl2. The molecule has 0 unspecified atom stereocenters. The van der Waals surface area contributed by atoms with Crippen LogP contribution in [0.3, 0.4) is 0 Å². The van der Waals surface area contributed by atoms with Crippen LogP contribution in [0, 0.1) is 0 Å². The summed E-state index contributed by atoms with van der Waals surface area (Å²) in [6.45, 7) is 4.18. The molecule has 0 N–H and O–H groups in total. The molecule has 0 aliphatic rings. The molecule has 2 aromatic carbocycles. The third-order valence-corrected chi connectivity index (χ3v) is 4.16. The fourth-order valence-corrected chi connectivity index (χ4v) is 3.42. The van der Waals surface area contributed by atoms with Gasteiger partial charge in [0.25, 0.3) is 0 Å². The van der Waals surface area contributed by atoms with Gasteiger partial charge < -0.3 is 0 Å². The maximum absolute atomic E-state index is 6.33. The Hall–Kier alpha value is -0.500. The third kappa shape index (κ3) is 2.74. The molecule has 0 aliphatic heterocycles. The molecule has 18 heavy (non-hydrogen) atoms. The van der Waals surface area contributed by atoms with E-state index < -0.39 is 0 Å². The van der Waals surface area contributed by atoms with Gasteiger partial charge in [0, 0.05) is 14.5 Å². The number of hydrogen-bond donors (Lipinski definition) is 0. The SMILES string of the molecule is CC(C)c1c(Cl)cc(-c2ccccc2Br)cc1Cl. The lowest BCUT2D eigenvalue weighted by Crippen LogP contribution is -1.92. The van der Waals surface area contributed by atoms with Gasteiger partial charge in [-0.1, -0.05) is 71.2 Å². The minimum absolute atomic E-state index is 0.318. The van der Waals surface area contributed by atoms with E-state index in [2.05, 4.69) is 29.8 Å². The van der Waals surface area contributed by atoms with Crippen molar-refractivity contribution in [3.63, 3.8) is 0 Å². The predicted octanol–water partition coefficient (Wildman–Crippen LogP) is 6.55. The average Bonchev–Trinajstić information content (AvgIpc) is 2.27. The van der Waals surface area contributed by atoms with E-state index in [9.17, 15) is 0 Å². The summed E-state index contributed by atoms with van der Waals surface area (Å²) in [6.07, 6.45) is 0. The fourth-order valence-electron chi connectivity index (χ4n) is 1.99. The van der Waals surface area contributed by atoms with Crippen molar-refractivity contribution in [1.82, 2.24) is 0 Å². The summed E-state index contributed by atoms with van der Waals surface area (Å²) < 4.78 is 1.04. The van der Waals surface area contributed by atoms with Crippen LogP contribution in [0.25, 0.3) is 11.1 Å². The van der Waals surface area contributed by atoms with Crippen molar-refractivity contribution in [3.8, 4) is 11.1 Å². The monoisotopic (exact) mass is 342 g/mol. The Morgan fingerprint density at radius 1 is 1.00 bits per heavy atom. The van der Waals surface area contributed by atoms with Crippen molar-refractivity contribution in [1.29, 1.82) is 0 Å². The number of halogens is 3. The molecular weight excluding hydrogens is 331 g/mol. The van der Waals surface area contributed by atoms with E-state index in [4.69, 9.17) is 23.2 Å². The van der Waals surface area contributed by atoms with Gasteiger partial charge in [-0.3, -0.25) is 0 Å². The minimum Gasteiger partial charge on any atom is -0.0840 e. The van der Waals surface area contributed by atoms with Crippen molar-refractivity contribution < 1.29 is 0 Å². The van der Waals surface area contributed by atoms with Crippen molar-refractivity contribution in [3.05, 3.63) is 56.5 Å². The van der Waals surface area contributed by atoms with Crippen molar-refractivity contribution in [2.45, 2.75) is 19.8 Å². The second kappa shape index (κ2) is 5.64. The van der Waals surface area contributed by atoms with E-state index in [-0.39, 0.29) is 0 Å². The van der Waals surface area contributed by atoms with Crippen LogP contribution in [0.15, 0.2) is 40.9 Å². The first-order chi connectivity index (χ1) is 8.50. The molecule has 0 saturated heterocycles. The van der Waals surface area contributed by atoms with Crippen molar-refractivity contribution in [2.24, 2.45) is 0 Å². The van der Waals surface area contributed by atoms with Gasteiger partial charge in [0.05, 0.1) is 0 Å². The van der Waals surface area contributed by atoms with Crippen LogP contribution in [0.5, 0.6) is 0 Å². The van der Waals surface area contributed by atoms with E-state index >= 15 is 0 Å². The molecule has 3 heteroatoms. The van der Waals surface area contributed by atoms with Gasteiger partial charge in [0.15, 0.2) is 0 Å². The van der Waals surface area contributed by atoms with Crippen LogP contribution in [-0.4, -0.2) is 0 Å². The second-order valence-corrected chi connectivity index (χ2v) is 6.16. The zero-order valence-corrected chi connectivity index (χ0v) is 13.3. The first kappa shape index (κ1) is 13.9. The molecule has 0 fully saturated rings. The van der Waals surface area contributed by atoms with Crippen LogP contribution in [-0.2, 0) is 0 Å². The van der Waals surface area contributed by atoms with Crippen LogP contribution in [0.1, 0.15) is 25.3 Å². The number of rotatable bonds is 2. The Balaban J connectivity index is 2.59. The summed E-state index contributed by atoms with van der Waals surface area (Å²) >= 11 is 16.2.